The third kappa shape index (κ3) is 6.70. The van der Waals surface area contributed by atoms with Gasteiger partial charge < -0.3 is 5.32 Å². The third-order valence-corrected chi connectivity index (χ3v) is 2.74. The van der Waals surface area contributed by atoms with Gasteiger partial charge in [-0.25, -0.2) is 9.97 Å². The summed E-state index contributed by atoms with van der Waals surface area (Å²) in [6, 6.07) is 0. The number of aromatic nitrogens is 2. The summed E-state index contributed by atoms with van der Waals surface area (Å²) in [5.74, 6) is 1.63. The quantitative estimate of drug-likeness (QED) is 0.841. The van der Waals surface area contributed by atoms with Crippen LogP contribution in [0.15, 0.2) is 12.4 Å². The molecule has 0 aliphatic heterocycles. The lowest BCUT2D eigenvalue weighted by Gasteiger charge is -2.16. The SMILES string of the molecule is CC(C)CNCc1cnc(CCC(C)(C)C)nc1. The Kier molecular flexibility index (Phi) is 5.73. The molecule has 0 bridgehead atoms. The first-order valence-corrected chi connectivity index (χ1v) is 6.87. The van der Waals surface area contributed by atoms with E-state index in [9.17, 15) is 0 Å². The van der Waals surface area contributed by atoms with Gasteiger partial charge in [0.05, 0.1) is 0 Å². The summed E-state index contributed by atoms with van der Waals surface area (Å²) >= 11 is 0. The number of nitrogens with one attached hydrogen (secondary N) is 1. The first-order chi connectivity index (χ1) is 8.37. The van der Waals surface area contributed by atoms with Gasteiger partial charge in [0.1, 0.15) is 5.82 Å². The van der Waals surface area contributed by atoms with Crippen LogP contribution in [0.5, 0.6) is 0 Å². The lowest BCUT2D eigenvalue weighted by molar-refractivity contribution is 0.374. The average molecular weight is 249 g/mol. The Hall–Kier alpha value is -0.960. The fourth-order valence-corrected chi connectivity index (χ4v) is 1.59. The maximum Gasteiger partial charge on any atom is 0.128 e. The monoisotopic (exact) mass is 249 g/mol. The van der Waals surface area contributed by atoms with Gasteiger partial charge in [-0.1, -0.05) is 34.6 Å². The number of rotatable bonds is 6. The second-order valence-corrected chi connectivity index (χ2v) is 6.59. The van der Waals surface area contributed by atoms with Crippen LogP contribution in [0.4, 0.5) is 0 Å². The Balaban J connectivity index is 2.38. The maximum atomic E-state index is 4.43. The highest BCUT2D eigenvalue weighted by Crippen LogP contribution is 2.20. The molecule has 1 aromatic heterocycles. The van der Waals surface area contributed by atoms with Crippen molar-refractivity contribution in [1.29, 1.82) is 0 Å². The van der Waals surface area contributed by atoms with E-state index in [-0.39, 0.29) is 0 Å². The van der Waals surface area contributed by atoms with E-state index in [1.807, 2.05) is 12.4 Å². The van der Waals surface area contributed by atoms with Crippen molar-refractivity contribution in [2.45, 2.75) is 54.0 Å². The van der Waals surface area contributed by atoms with Crippen LogP contribution >= 0.6 is 0 Å². The van der Waals surface area contributed by atoms with Crippen LogP contribution < -0.4 is 5.32 Å². The summed E-state index contributed by atoms with van der Waals surface area (Å²) in [5, 5.41) is 3.40. The highest BCUT2D eigenvalue weighted by molar-refractivity contribution is 5.05. The highest BCUT2D eigenvalue weighted by Gasteiger charge is 2.10. The van der Waals surface area contributed by atoms with Crippen molar-refractivity contribution >= 4 is 0 Å². The minimum Gasteiger partial charge on any atom is -0.312 e. The van der Waals surface area contributed by atoms with Crippen LogP contribution in [0.1, 0.15) is 52.4 Å². The van der Waals surface area contributed by atoms with Gasteiger partial charge in [0.15, 0.2) is 0 Å². The van der Waals surface area contributed by atoms with Crippen molar-refractivity contribution in [1.82, 2.24) is 15.3 Å². The topological polar surface area (TPSA) is 37.8 Å². The summed E-state index contributed by atoms with van der Waals surface area (Å²) in [6.45, 7) is 13.0. The van der Waals surface area contributed by atoms with Crippen LogP contribution in [0.2, 0.25) is 0 Å². The van der Waals surface area contributed by atoms with E-state index >= 15 is 0 Å². The molecule has 0 aromatic carbocycles. The Morgan fingerprint density at radius 3 is 2.28 bits per heavy atom. The van der Waals surface area contributed by atoms with Crippen molar-refractivity contribution in [2.75, 3.05) is 6.54 Å². The zero-order valence-corrected chi connectivity index (χ0v) is 12.5. The van der Waals surface area contributed by atoms with Gasteiger partial charge in [0.25, 0.3) is 0 Å². The molecule has 0 aliphatic rings. The van der Waals surface area contributed by atoms with Crippen molar-refractivity contribution in [3.63, 3.8) is 0 Å². The predicted octanol–water partition coefficient (Wildman–Crippen LogP) is 3.20. The first kappa shape index (κ1) is 15.1. The molecule has 0 unspecified atom stereocenters. The van der Waals surface area contributed by atoms with E-state index in [0.29, 0.717) is 11.3 Å². The maximum absolute atomic E-state index is 4.43. The van der Waals surface area contributed by atoms with Crippen LogP contribution in [-0.4, -0.2) is 16.5 Å². The first-order valence-electron chi connectivity index (χ1n) is 6.87. The highest BCUT2D eigenvalue weighted by atomic mass is 14.9. The minimum absolute atomic E-state index is 0.348. The number of hydrogen-bond donors (Lipinski definition) is 1. The predicted molar refractivity (Wildman–Crippen MR) is 76.4 cm³/mol. The molecular formula is C15H27N3. The molecule has 0 spiro atoms. The van der Waals surface area contributed by atoms with E-state index in [4.69, 9.17) is 0 Å². The normalized spacial score (nSPS) is 12.1. The third-order valence-electron chi connectivity index (χ3n) is 2.74. The van der Waals surface area contributed by atoms with E-state index in [1.54, 1.807) is 0 Å². The standard InChI is InChI=1S/C15H27N3/c1-12(2)8-16-9-13-10-17-14(18-11-13)6-7-15(3,4)5/h10-12,16H,6-9H2,1-5H3. The van der Waals surface area contributed by atoms with Gasteiger partial charge in [0.2, 0.25) is 0 Å². The largest absolute Gasteiger partial charge is 0.312 e. The van der Waals surface area contributed by atoms with Crippen molar-refractivity contribution < 1.29 is 0 Å². The number of hydrogen-bond acceptors (Lipinski definition) is 3. The van der Waals surface area contributed by atoms with E-state index in [0.717, 1.165) is 37.3 Å². The Bertz CT molecular complexity index is 336. The van der Waals surface area contributed by atoms with Gasteiger partial charge >= 0.3 is 0 Å². The Labute approximate surface area is 111 Å². The van der Waals surface area contributed by atoms with Gasteiger partial charge in [-0.3, -0.25) is 0 Å². The average Bonchev–Trinajstić information content (AvgIpc) is 2.26. The zero-order chi connectivity index (χ0) is 13.6. The minimum atomic E-state index is 0.348. The molecule has 0 amide bonds. The van der Waals surface area contributed by atoms with Crippen LogP contribution in [-0.2, 0) is 13.0 Å². The zero-order valence-electron chi connectivity index (χ0n) is 12.5. The molecule has 1 aromatic rings. The van der Waals surface area contributed by atoms with Crippen LogP contribution in [0.25, 0.3) is 0 Å². The number of aryl methyl sites for hydroxylation is 1. The fraction of sp³-hybridized carbons (Fsp3) is 0.733. The fourth-order valence-electron chi connectivity index (χ4n) is 1.59. The summed E-state index contributed by atoms with van der Waals surface area (Å²) < 4.78 is 0. The lowest BCUT2D eigenvalue weighted by atomic mass is 9.90. The second kappa shape index (κ2) is 6.83. The second-order valence-electron chi connectivity index (χ2n) is 6.59. The van der Waals surface area contributed by atoms with Gasteiger partial charge in [-0.2, -0.15) is 0 Å². The van der Waals surface area contributed by atoms with E-state index in [1.165, 1.54) is 0 Å². The molecule has 1 heterocycles. The summed E-state index contributed by atoms with van der Waals surface area (Å²) in [4.78, 5) is 8.86. The molecule has 1 N–H and O–H groups in total. The summed E-state index contributed by atoms with van der Waals surface area (Å²) in [6.07, 6.45) is 5.97. The van der Waals surface area contributed by atoms with E-state index < -0.39 is 0 Å². The molecular weight excluding hydrogens is 222 g/mol. The van der Waals surface area contributed by atoms with Crippen molar-refractivity contribution in [3.8, 4) is 0 Å². The van der Waals surface area contributed by atoms with Gasteiger partial charge in [0, 0.05) is 30.9 Å². The van der Waals surface area contributed by atoms with Gasteiger partial charge in [-0.15, -0.1) is 0 Å². The number of nitrogens with zero attached hydrogens (tertiary/aromatic N) is 2. The molecule has 18 heavy (non-hydrogen) atoms. The Morgan fingerprint density at radius 2 is 1.78 bits per heavy atom. The molecule has 0 saturated heterocycles. The molecule has 0 saturated carbocycles. The molecule has 3 heteroatoms. The van der Waals surface area contributed by atoms with E-state index in [2.05, 4.69) is 49.9 Å². The van der Waals surface area contributed by atoms with Crippen molar-refractivity contribution in [2.24, 2.45) is 11.3 Å². The molecule has 0 fully saturated rings. The molecule has 0 radical (unpaired) electrons. The Morgan fingerprint density at radius 1 is 1.17 bits per heavy atom. The molecule has 1 rings (SSSR count). The molecule has 0 aliphatic carbocycles. The lowest BCUT2D eigenvalue weighted by Crippen LogP contribution is -2.19. The van der Waals surface area contributed by atoms with Crippen LogP contribution in [0, 0.1) is 11.3 Å². The van der Waals surface area contributed by atoms with Gasteiger partial charge in [-0.05, 0) is 24.3 Å². The summed E-state index contributed by atoms with van der Waals surface area (Å²) in [7, 11) is 0. The smallest absolute Gasteiger partial charge is 0.128 e. The van der Waals surface area contributed by atoms with Crippen LogP contribution in [0.3, 0.4) is 0 Å². The molecule has 3 nitrogen and oxygen atoms in total. The molecule has 0 atom stereocenters. The van der Waals surface area contributed by atoms with Crippen molar-refractivity contribution in [3.05, 3.63) is 23.8 Å². The summed E-state index contributed by atoms with van der Waals surface area (Å²) in [5.41, 5.74) is 1.51. The molecule has 102 valence electrons.